The van der Waals surface area contributed by atoms with Crippen LogP contribution in [0, 0.1) is 0 Å². The maximum atomic E-state index is 13.8. The van der Waals surface area contributed by atoms with Gasteiger partial charge in [-0.2, -0.15) is 0 Å². The summed E-state index contributed by atoms with van der Waals surface area (Å²) in [5.74, 6) is -0.989. The molecule has 0 saturated carbocycles. The zero-order valence-corrected chi connectivity index (χ0v) is 23.3. The molecule has 37 heavy (non-hydrogen) atoms. The quantitative estimate of drug-likeness (QED) is 0.347. The summed E-state index contributed by atoms with van der Waals surface area (Å²) in [6, 6.07) is 18.1. The van der Waals surface area contributed by atoms with Gasteiger partial charge in [0.1, 0.15) is 12.6 Å². The number of halogens is 3. The number of hydrogen-bond acceptors (Lipinski definition) is 4. The van der Waals surface area contributed by atoms with Gasteiger partial charge in [-0.15, -0.1) is 0 Å². The molecule has 0 aliphatic heterocycles. The van der Waals surface area contributed by atoms with Crippen molar-refractivity contribution in [1.82, 2.24) is 10.2 Å². The number of sulfonamides is 1. The largest absolute Gasteiger partial charge is 0.357 e. The summed E-state index contributed by atoms with van der Waals surface area (Å²) >= 11 is 18.7. The molecule has 3 aromatic carbocycles. The van der Waals surface area contributed by atoms with E-state index in [9.17, 15) is 18.0 Å². The highest BCUT2D eigenvalue weighted by Crippen LogP contribution is 2.30. The molecule has 0 unspecified atom stereocenters. The molecule has 1 N–H and O–H groups in total. The van der Waals surface area contributed by atoms with Gasteiger partial charge in [0.2, 0.25) is 11.8 Å². The second-order valence-electron chi connectivity index (χ2n) is 8.10. The Kier molecular flexibility index (Phi) is 9.84. The number of carbonyl (C=O) groups is 2. The molecular weight excluding hydrogens is 557 g/mol. The predicted octanol–water partition coefficient (Wildman–Crippen LogP) is 5.40. The fourth-order valence-corrected chi connectivity index (χ4v) is 5.96. The third-order valence-corrected chi connectivity index (χ3v) is 8.27. The summed E-state index contributed by atoms with van der Waals surface area (Å²) in [6.07, 6.45) is 0.296. The Morgan fingerprint density at radius 2 is 1.51 bits per heavy atom. The van der Waals surface area contributed by atoms with Crippen molar-refractivity contribution in [2.45, 2.75) is 30.8 Å². The van der Waals surface area contributed by atoms with Gasteiger partial charge in [0, 0.05) is 28.7 Å². The van der Waals surface area contributed by atoms with Gasteiger partial charge in [-0.3, -0.25) is 13.9 Å². The van der Waals surface area contributed by atoms with Gasteiger partial charge in [0.15, 0.2) is 0 Å². The van der Waals surface area contributed by atoms with Crippen molar-refractivity contribution in [3.63, 3.8) is 0 Å². The Balaban J connectivity index is 2.10. The molecule has 0 radical (unpaired) electrons. The number of rotatable bonds is 10. The molecule has 0 saturated heterocycles. The first kappa shape index (κ1) is 28.8. The van der Waals surface area contributed by atoms with Crippen LogP contribution in [0.25, 0.3) is 0 Å². The number of nitrogens with zero attached hydrogens (tertiary/aromatic N) is 2. The molecule has 11 heteroatoms. The monoisotopic (exact) mass is 581 g/mol. The van der Waals surface area contributed by atoms with Crippen molar-refractivity contribution < 1.29 is 18.0 Å². The highest BCUT2D eigenvalue weighted by Gasteiger charge is 2.33. The zero-order valence-electron chi connectivity index (χ0n) is 20.2. The minimum atomic E-state index is -4.21. The molecule has 3 aromatic rings. The van der Waals surface area contributed by atoms with Crippen LogP contribution < -0.4 is 9.62 Å². The highest BCUT2D eigenvalue weighted by molar-refractivity contribution is 7.92. The lowest BCUT2D eigenvalue weighted by Gasteiger charge is -2.33. The van der Waals surface area contributed by atoms with E-state index >= 15 is 0 Å². The minimum absolute atomic E-state index is 0.0000397. The third kappa shape index (κ3) is 6.96. The second kappa shape index (κ2) is 12.6. The predicted molar refractivity (Wildman–Crippen MR) is 148 cm³/mol. The summed E-state index contributed by atoms with van der Waals surface area (Å²) in [5, 5.41) is 3.40. The zero-order chi connectivity index (χ0) is 27.2. The van der Waals surface area contributed by atoms with Crippen LogP contribution in [0.3, 0.4) is 0 Å². The first-order valence-electron chi connectivity index (χ1n) is 11.4. The first-order valence-corrected chi connectivity index (χ1v) is 13.9. The van der Waals surface area contributed by atoms with E-state index in [4.69, 9.17) is 34.8 Å². The molecule has 196 valence electrons. The fourth-order valence-electron chi connectivity index (χ4n) is 3.83. The number of nitrogens with one attached hydrogen (secondary N) is 1. The summed E-state index contributed by atoms with van der Waals surface area (Å²) in [5.41, 5.74) is 0.725. The lowest BCUT2D eigenvalue weighted by Crippen LogP contribution is -2.51. The third-order valence-electron chi connectivity index (χ3n) is 5.68. The Morgan fingerprint density at radius 3 is 2.08 bits per heavy atom. The van der Waals surface area contributed by atoms with Crippen LogP contribution in [0.1, 0.15) is 18.9 Å². The van der Waals surface area contributed by atoms with E-state index in [0.29, 0.717) is 17.0 Å². The van der Waals surface area contributed by atoms with E-state index in [1.165, 1.54) is 42.3 Å². The standard InChI is InChI=1S/C26H26Cl3N3O4S/c1-3-24(26(34)30-2)31(16-18-9-7-8-12-23(18)29)25(33)17-32(21-14-19(27)13-20(28)15-21)37(35,36)22-10-5-4-6-11-22/h4-15,24H,3,16-17H2,1-2H3,(H,30,34)/t24-/m0/s1. The number of carbonyl (C=O) groups excluding carboxylic acids is 2. The summed E-state index contributed by atoms with van der Waals surface area (Å²) < 4.78 is 28.4. The van der Waals surface area contributed by atoms with Gasteiger partial charge in [-0.1, -0.05) is 78.1 Å². The fraction of sp³-hybridized carbons (Fsp3) is 0.231. The highest BCUT2D eigenvalue weighted by atomic mass is 35.5. The van der Waals surface area contributed by atoms with E-state index in [0.717, 1.165) is 4.31 Å². The van der Waals surface area contributed by atoms with Crippen molar-refractivity contribution in [3.8, 4) is 0 Å². The van der Waals surface area contributed by atoms with E-state index in [-0.39, 0.29) is 33.1 Å². The first-order chi connectivity index (χ1) is 17.6. The van der Waals surface area contributed by atoms with Crippen LogP contribution in [0.2, 0.25) is 15.1 Å². The van der Waals surface area contributed by atoms with E-state index < -0.39 is 28.5 Å². The minimum Gasteiger partial charge on any atom is -0.357 e. The van der Waals surface area contributed by atoms with Crippen LogP contribution >= 0.6 is 34.8 Å². The molecule has 1 atom stereocenters. The van der Waals surface area contributed by atoms with Crippen LogP contribution in [0.5, 0.6) is 0 Å². The Morgan fingerprint density at radius 1 is 0.919 bits per heavy atom. The lowest BCUT2D eigenvalue weighted by atomic mass is 10.1. The maximum Gasteiger partial charge on any atom is 0.264 e. The molecule has 0 heterocycles. The number of benzene rings is 3. The molecule has 0 aliphatic rings. The normalized spacial score (nSPS) is 12.0. The SMILES string of the molecule is CC[C@@H](C(=O)NC)N(Cc1ccccc1Cl)C(=O)CN(c1cc(Cl)cc(Cl)c1)S(=O)(=O)c1ccccc1. The second-order valence-corrected chi connectivity index (χ2v) is 11.2. The number of likely N-dealkylation sites (N-methyl/N-ethyl adjacent to an activating group) is 1. The lowest BCUT2D eigenvalue weighted by molar-refractivity contribution is -0.140. The van der Waals surface area contributed by atoms with Gasteiger partial charge >= 0.3 is 0 Å². The van der Waals surface area contributed by atoms with Crippen LogP contribution in [0.4, 0.5) is 5.69 Å². The van der Waals surface area contributed by atoms with Gasteiger partial charge in [0.25, 0.3) is 10.0 Å². The average Bonchev–Trinajstić information content (AvgIpc) is 2.87. The molecule has 0 spiro atoms. The summed E-state index contributed by atoms with van der Waals surface area (Å²) in [7, 11) is -2.74. The van der Waals surface area contributed by atoms with Crippen molar-refractivity contribution in [2.24, 2.45) is 0 Å². The molecule has 2 amide bonds. The number of amides is 2. The molecule has 0 aromatic heterocycles. The molecule has 0 bridgehead atoms. The maximum absolute atomic E-state index is 13.8. The van der Waals surface area contributed by atoms with Gasteiger partial charge in [-0.05, 0) is 48.4 Å². The Hall–Kier alpha value is -2.78. The summed E-state index contributed by atoms with van der Waals surface area (Å²) in [4.78, 5) is 27.9. The van der Waals surface area contributed by atoms with Gasteiger partial charge < -0.3 is 10.2 Å². The molecule has 0 aliphatic carbocycles. The van der Waals surface area contributed by atoms with Crippen molar-refractivity contribution in [2.75, 3.05) is 17.9 Å². The van der Waals surface area contributed by atoms with Gasteiger partial charge in [-0.25, -0.2) is 8.42 Å². The van der Waals surface area contributed by atoms with E-state index in [2.05, 4.69) is 5.32 Å². The number of hydrogen-bond donors (Lipinski definition) is 1. The van der Waals surface area contributed by atoms with Crippen molar-refractivity contribution in [1.29, 1.82) is 0 Å². The molecular formula is C26H26Cl3N3O4S. The van der Waals surface area contributed by atoms with E-state index in [1.54, 1.807) is 49.4 Å². The average molecular weight is 583 g/mol. The van der Waals surface area contributed by atoms with Gasteiger partial charge in [0.05, 0.1) is 10.6 Å². The van der Waals surface area contributed by atoms with Crippen LogP contribution in [-0.4, -0.2) is 44.8 Å². The van der Waals surface area contributed by atoms with Crippen molar-refractivity contribution in [3.05, 3.63) is 93.4 Å². The number of anilines is 1. The molecule has 3 rings (SSSR count). The van der Waals surface area contributed by atoms with E-state index in [1.807, 2.05) is 0 Å². The molecule has 0 fully saturated rings. The Bertz CT molecular complexity index is 1350. The summed E-state index contributed by atoms with van der Waals surface area (Å²) in [6.45, 7) is 1.16. The topological polar surface area (TPSA) is 86.8 Å². The van der Waals surface area contributed by atoms with Crippen LogP contribution in [-0.2, 0) is 26.2 Å². The van der Waals surface area contributed by atoms with Crippen LogP contribution in [0.15, 0.2) is 77.7 Å². The smallest absolute Gasteiger partial charge is 0.264 e. The van der Waals surface area contributed by atoms with Crippen molar-refractivity contribution >= 4 is 62.3 Å². The molecule has 7 nitrogen and oxygen atoms in total. The Labute approximate surface area is 232 Å².